The highest BCUT2D eigenvalue weighted by molar-refractivity contribution is 6.30. The number of aliphatic hydroxyl groups is 1. The minimum Gasteiger partial charge on any atom is -0.388 e. The van der Waals surface area contributed by atoms with Crippen molar-refractivity contribution in [1.29, 1.82) is 0 Å². The molecule has 102 valence electrons. The summed E-state index contributed by atoms with van der Waals surface area (Å²) in [5.41, 5.74) is 1.11. The molecule has 0 aliphatic rings. The van der Waals surface area contributed by atoms with Gasteiger partial charge in [-0.05, 0) is 30.7 Å². The highest BCUT2D eigenvalue weighted by Crippen LogP contribution is 2.29. The minimum absolute atomic E-state index is 0.0597. The number of nitrogens with zero attached hydrogens (tertiary/aromatic N) is 2. The lowest BCUT2D eigenvalue weighted by Crippen LogP contribution is -2.05. The minimum atomic E-state index is -1.03. The van der Waals surface area contributed by atoms with Gasteiger partial charge in [0, 0.05) is 19.0 Å². The van der Waals surface area contributed by atoms with Crippen molar-refractivity contribution in [1.82, 2.24) is 9.78 Å². The first-order valence-corrected chi connectivity index (χ1v) is 6.09. The number of aliphatic hydroxyl groups excluding tert-OH is 1. The largest absolute Gasteiger partial charge is 0.388 e. The van der Waals surface area contributed by atoms with Crippen LogP contribution in [0.2, 0.25) is 5.15 Å². The molecule has 0 amide bonds. The van der Waals surface area contributed by atoms with Crippen LogP contribution in [-0.2, 0) is 13.5 Å². The number of halogens is 3. The second-order valence-corrected chi connectivity index (χ2v) is 4.73. The van der Waals surface area contributed by atoms with Gasteiger partial charge in [0.25, 0.3) is 0 Å². The summed E-state index contributed by atoms with van der Waals surface area (Å²) in [5, 5.41) is 14.5. The molecule has 0 saturated carbocycles. The van der Waals surface area contributed by atoms with Gasteiger partial charge in [-0.3, -0.25) is 4.68 Å². The van der Waals surface area contributed by atoms with Crippen LogP contribution in [0.1, 0.15) is 22.9 Å². The van der Waals surface area contributed by atoms with Crippen LogP contribution in [-0.4, -0.2) is 14.9 Å². The number of benzene rings is 1. The Balaban J connectivity index is 2.30. The summed E-state index contributed by atoms with van der Waals surface area (Å²) in [6.45, 7) is 1.70. The average Bonchev–Trinajstić information content (AvgIpc) is 2.58. The van der Waals surface area contributed by atoms with E-state index in [2.05, 4.69) is 5.10 Å². The van der Waals surface area contributed by atoms with Gasteiger partial charge in [-0.2, -0.15) is 5.10 Å². The van der Waals surface area contributed by atoms with E-state index in [0.717, 1.165) is 18.2 Å². The lowest BCUT2D eigenvalue weighted by molar-refractivity contribution is 0.176. The first-order chi connectivity index (χ1) is 8.90. The van der Waals surface area contributed by atoms with Crippen molar-refractivity contribution in [2.24, 2.45) is 7.05 Å². The molecule has 1 aromatic heterocycles. The molecule has 3 nitrogen and oxygen atoms in total. The highest BCUT2D eigenvalue weighted by atomic mass is 35.5. The van der Waals surface area contributed by atoms with Gasteiger partial charge < -0.3 is 5.11 Å². The molecule has 0 spiro atoms. The van der Waals surface area contributed by atoms with Crippen LogP contribution in [0.25, 0.3) is 0 Å². The van der Waals surface area contributed by atoms with Crippen molar-refractivity contribution in [2.75, 3.05) is 0 Å². The highest BCUT2D eigenvalue weighted by Gasteiger charge is 2.21. The quantitative estimate of drug-likeness (QED) is 0.942. The molecule has 6 heteroatoms. The summed E-state index contributed by atoms with van der Waals surface area (Å²) in [7, 11) is 1.65. The van der Waals surface area contributed by atoms with E-state index in [1.54, 1.807) is 14.0 Å². The van der Waals surface area contributed by atoms with Crippen molar-refractivity contribution in [2.45, 2.75) is 19.4 Å². The molecule has 1 N–H and O–H groups in total. The maximum atomic E-state index is 13.5. The van der Waals surface area contributed by atoms with Gasteiger partial charge in [-0.1, -0.05) is 11.6 Å². The number of rotatable bonds is 3. The summed E-state index contributed by atoms with van der Waals surface area (Å²) >= 11 is 6.02. The molecule has 0 saturated heterocycles. The second-order valence-electron chi connectivity index (χ2n) is 4.37. The Hall–Kier alpha value is -1.46. The molecular formula is C13H13ClF2N2O. The third-order valence-electron chi connectivity index (χ3n) is 2.95. The molecule has 19 heavy (non-hydrogen) atoms. The predicted octanol–water partition coefficient (Wildman–Crippen LogP) is 2.94. The predicted molar refractivity (Wildman–Crippen MR) is 68.0 cm³/mol. The molecule has 2 aromatic rings. The molecule has 1 heterocycles. The Bertz CT molecular complexity index is 613. The van der Waals surface area contributed by atoms with Gasteiger partial charge in [-0.25, -0.2) is 8.78 Å². The van der Waals surface area contributed by atoms with Gasteiger partial charge in [0.1, 0.15) is 16.8 Å². The molecule has 2 rings (SSSR count). The third-order valence-corrected chi connectivity index (χ3v) is 3.40. The first kappa shape index (κ1) is 14.0. The lowest BCUT2D eigenvalue weighted by atomic mass is 10.0. The summed E-state index contributed by atoms with van der Waals surface area (Å²) in [6.07, 6.45) is -1.09. The molecule has 0 aliphatic heterocycles. The fourth-order valence-electron chi connectivity index (χ4n) is 2.04. The number of hydrogen-bond donors (Lipinski definition) is 1. The van der Waals surface area contributed by atoms with E-state index in [0.29, 0.717) is 16.4 Å². The maximum absolute atomic E-state index is 13.5. The number of aryl methyl sites for hydroxylation is 2. The van der Waals surface area contributed by atoms with Crippen molar-refractivity contribution < 1.29 is 13.9 Å². The molecule has 0 bridgehead atoms. The van der Waals surface area contributed by atoms with Gasteiger partial charge in [0.15, 0.2) is 0 Å². The molecule has 1 unspecified atom stereocenters. The monoisotopic (exact) mass is 286 g/mol. The van der Waals surface area contributed by atoms with Crippen LogP contribution in [0.3, 0.4) is 0 Å². The third kappa shape index (κ3) is 2.77. The summed E-state index contributed by atoms with van der Waals surface area (Å²) in [6, 6.07) is 3.14. The molecule has 0 fully saturated rings. The lowest BCUT2D eigenvalue weighted by Gasteiger charge is -2.11. The number of hydrogen-bond acceptors (Lipinski definition) is 2. The summed E-state index contributed by atoms with van der Waals surface area (Å²) < 4.78 is 28.0. The fourth-order valence-corrected chi connectivity index (χ4v) is 2.34. The normalized spacial score (nSPS) is 12.7. The molecule has 0 aliphatic carbocycles. The van der Waals surface area contributed by atoms with Crippen LogP contribution in [0, 0.1) is 18.6 Å². The van der Waals surface area contributed by atoms with Crippen molar-refractivity contribution in [3.05, 3.63) is 51.8 Å². The Labute approximate surface area is 114 Å². The van der Waals surface area contributed by atoms with Crippen LogP contribution in [0.15, 0.2) is 18.2 Å². The standard InChI is InChI=1S/C13H13ClF2N2O/c1-7-12(13(14)18(2)17-7)11(19)6-8-5-9(15)3-4-10(8)16/h3-5,11,19H,6H2,1-2H3. The zero-order valence-corrected chi connectivity index (χ0v) is 11.2. The van der Waals surface area contributed by atoms with Crippen LogP contribution >= 0.6 is 11.6 Å². The Morgan fingerprint density at radius 3 is 2.68 bits per heavy atom. The Morgan fingerprint density at radius 2 is 2.11 bits per heavy atom. The van der Waals surface area contributed by atoms with E-state index in [1.807, 2.05) is 0 Å². The van der Waals surface area contributed by atoms with E-state index < -0.39 is 17.7 Å². The van der Waals surface area contributed by atoms with E-state index in [4.69, 9.17) is 11.6 Å². The van der Waals surface area contributed by atoms with Crippen molar-refractivity contribution in [3.8, 4) is 0 Å². The fraction of sp³-hybridized carbons (Fsp3) is 0.308. The van der Waals surface area contributed by atoms with Crippen LogP contribution < -0.4 is 0 Å². The topological polar surface area (TPSA) is 38.0 Å². The first-order valence-electron chi connectivity index (χ1n) is 5.71. The molecule has 0 radical (unpaired) electrons. The number of aromatic nitrogens is 2. The van der Waals surface area contributed by atoms with Gasteiger partial charge in [0.2, 0.25) is 0 Å². The van der Waals surface area contributed by atoms with E-state index in [9.17, 15) is 13.9 Å². The molecule has 1 aromatic carbocycles. The Kier molecular flexibility index (Phi) is 3.87. The summed E-state index contributed by atoms with van der Waals surface area (Å²) in [4.78, 5) is 0. The van der Waals surface area contributed by atoms with Crippen molar-refractivity contribution in [3.63, 3.8) is 0 Å². The van der Waals surface area contributed by atoms with Gasteiger partial charge in [0.05, 0.1) is 11.8 Å². The average molecular weight is 287 g/mol. The smallest absolute Gasteiger partial charge is 0.132 e. The van der Waals surface area contributed by atoms with Gasteiger partial charge in [-0.15, -0.1) is 0 Å². The maximum Gasteiger partial charge on any atom is 0.132 e. The molecular weight excluding hydrogens is 274 g/mol. The zero-order valence-electron chi connectivity index (χ0n) is 10.5. The summed E-state index contributed by atoms with van der Waals surface area (Å²) in [5.74, 6) is -1.10. The second kappa shape index (κ2) is 5.27. The van der Waals surface area contributed by atoms with E-state index in [-0.39, 0.29) is 12.0 Å². The van der Waals surface area contributed by atoms with Crippen LogP contribution in [0.4, 0.5) is 8.78 Å². The van der Waals surface area contributed by atoms with Crippen LogP contribution in [0.5, 0.6) is 0 Å². The zero-order chi connectivity index (χ0) is 14.2. The molecule has 1 atom stereocenters. The van der Waals surface area contributed by atoms with Gasteiger partial charge >= 0.3 is 0 Å². The SMILES string of the molecule is Cc1nn(C)c(Cl)c1C(O)Cc1cc(F)ccc1F. The van der Waals surface area contributed by atoms with E-state index >= 15 is 0 Å². The van der Waals surface area contributed by atoms with Crippen molar-refractivity contribution >= 4 is 11.6 Å². The van der Waals surface area contributed by atoms with E-state index in [1.165, 1.54) is 4.68 Å². The Morgan fingerprint density at radius 1 is 1.42 bits per heavy atom.